The predicted molar refractivity (Wildman–Crippen MR) is 84.9 cm³/mol. The molecule has 0 aliphatic heterocycles. The van der Waals surface area contributed by atoms with Crippen LogP contribution in [0.25, 0.3) is 10.9 Å². The molecule has 0 saturated carbocycles. The molecule has 0 atom stereocenters. The van der Waals surface area contributed by atoms with E-state index in [4.69, 9.17) is 16.3 Å². The van der Waals surface area contributed by atoms with Crippen LogP contribution in [0.15, 0.2) is 48.7 Å². The van der Waals surface area contributed by atoms with E-state index >= 15 is 0 Å². The second kappa shape index (κ2) is 5.97. The summed E-state index contributed by atoms with van der Waals surface area (Å²) in [6, 6.07) is 13.4. The van der Waals surface area contributed by atoms with Gasteiger partial charge in [0.2, 0.25) is 5.95 Å². The molecular weight excluding hydrogens is 286 g/mol. The van der Waals surface area contributed by atoms with Gasteiger partial charge in [0.15, 0.2) is 0 Å². The highest BCUT2D eigenvalue weighted by molar-refractivity contribution is 6.31. The lowest BCUT2D eigenvalue weighted by atomic mass is 10.2. The van der Waals surface area contributed by atoms with Gasteiger partial charge in [-0.1, -0.05) is 35.9 Å². The number of nitrogens with one attached hydrogen (secondary N) is 1. The van der Waals surface area contributed by atoms with E-state index in [2.05, 4.69) is 15.3 Å². The normalized spacial score (nSPS) is 10.6. The summed E-state index contributed by atoms with van der Waals surface area (Å²) in [5.74, 6) is 1.31. The predicted octanol–water partition coefficient (Wildman–Crippen LogP) is 3.90. The highest BCUT2D eigenvalue weighted by Gasteiger charge is 2.08. The Hall–Kier alpha value is -2.33. The summed E-state index contributed by atoms with van der Waals surface area (Å²) < 4.78 is 5.32. The topological polar surface area (TPSA) is 47.0 Å². The van der Waals surface area contributed by atoms with E-state index in [1.54, 1.807) is 13.3 Å². The molecule has 0 aliphatic rings. The van der Waals surface area contributed by atoms with Gasteiger partial charge in [-0.05, 0) is 18.2 Å². The maximum absolute atomic E-state index is 6.21. The van der Waals surface area contributed by atoms with Crippen molar-refractivity contribution in [1.29, 1.82) is 0 Å². The van der Waals surface area contributed by atoms with Gasteiger partial charge in [-0.25, -0.2) is 9.97 Å². The molecule has 0 aliphatic carbocycles. The van der Waals surface area contributed by atoms with Crippen LogP contribution in [0.2, 0.25) is 5.02 Å². The van der Waals surface area contributed by atoms with Crippen molar-refractivity contribution in [3.8, 4) is 5.75 Å². The Morgan fingerprint density at radius 2 is 2.00 bits per heavy atom. The fourth-order valence-electron chi connectivity index (χ4n) is 2.13. The largest absolute Gasteiger partial charge is 0.496 e. The SMILES string of the molecule is COc1cccc(Cl)c1CNc1ncc2ccccc2n1. The number of methoxy groups -OCH3 is 1. The van der Waals surface area contributed by atoms with Crippen molar-refractivity contribution in [2.75, 3.05) is 12.4 Å². The van der Waals surface area contributed by atoms with Crippen LogP contribution >= 0.6 is 11.6 Å². The smallest absolute Gasteiger partial charge is 0.223 e. The van der Waals surface area contributed by atoms with Crippen molar-refractivity contribution in [2.45, 2.75) is 6.54 Å². The van der Waals surface area contributed by atoms with Crippen molar-refractivity contribution < 1.29 is 4.74 Å². The lowest BCUT2D eigenvalue weighted by molar-refractivity contribution is 0.410. The number of ether oxygens (including phenoxy) is 1. The Balaban J connectivity index is 1.83. The number of aromatic nitrogens is 2. The summed E-state index contributed by atoms with van der Waals surface area (Å²) >= 11 is 6.21. The Morgan fingerprint density at radius 3 is 2.86 bits per heavy atom. The van der Waals surface area contributed by atoms with Crippen LogP contribution in [-0.4, -0.2) is 17.1 Å². The first-order chi connectivity index (χ1) is 10.3. The van der Waals surface area contributed by atoms with Gasteiger partial charge in [0, 0.05) is 28.7 Å². The van der Waals surface area contributed by atoms with E-state index in [1.807, 2.05) is 42.5 Å². The van der Waals surface area contributed by atoms with Gasteiger partial charge in [0.1, 0.15) is 5.75 Å². The number of para-hydroxylation sites is 1. The monoisotopic (exact) mass is 299 g/mol. The van der Waals surface area contributed by atoms with Gasteiger partial charge in [-0.15, -0.1) is 0 Å². The molecule has 3 aromatic rings. The molecule has 0 unspecified atom stereocenters. The van der Waals surface area contributed by atoms with Crippen molar-refractivity contribution in [3.05, 3.63) is 59.2 Å². The van der Waals surface area contributed by atoms with Crippen molar-refractivity contribution >= 4 is 28.5 Å². The van der Waals surface area contributed by atoms with Gasteiger partial charge in [-0.3, -0.25) is 0 Å². The summed E-state index contributed by atoms with van der Waals surface area (Å²) in [6.07, 6.45) is 1.80. The van der Waals surface area contributed by atoms with E-state index in [9.17, 15) is 0 Å². The lowest BCUT2D eigenvalue weighted by Gasteiger charge is -2.11. The summed E-state index contributed by atoms with van der Waals surface area (Å²) in [5, 5.41) is 4.85. The Kier molecular flexibility index (Phi) is 3.88. The summed E-state index contributed by atoms with van der Waals surface area (Å²) in [6.45, 7) is 0.501. The number of rotatable bonds is 4. The molecular formula is C16H14ClN3O. The van der Waals surface area contributed by atoms with Crippen LogP contribution in [0.1, 0.15) is 5.56 Å². The second-order valence-corrected chi connectivity index (χ2v) is 4.93. The number of hydrogen-bond donors (Lipinski definition) is 1. The molecule has 1 heterocycles. The maximum atomic E-state index is 6.21. The van der Waals surface area contributed by atoms with E-state index < -0.39 is 0 Å². The summed E-state index contributed by atoms with van der Waals surface area (Å²) in [5.41, 5.74) is 1.79. The molecule has 5 heteroatoms. The third kappa shape index (κ3) is 2.90. The van der Waals surface area contributed by atoms with Crippen LogP contribution in [0.3, 0.4) is 0 Å². The van der Waals surface area contributed by atoms with Gasteiger partial charge < -0.3 is 10.1 Å². The molecule has 21 heavy (non-hydrogen) atoms. The summed E-state index contributed by atoms with van der Waals surface area (Å²) in [7, 11) is 1.63. The standard InChI is InChI=1S/C16H14ClN3O/c1-21-15-8-4-6-13(17)12(15)10-19-16-18-9-11-5-2-3-7-14(11)20-16/h2-9H,10H2,1H3,(H,18,19,20). The quantitative estimate of drug-likeness (QED) is 0.793. The number of halogens is 1. The van der Waals surface area contributed by atoms with Gasteiger partial charge in [-0.2, -0.15) is 0 Å². The minimum Gasteiger partial charge on any atom is -0.496 e. The molecule has 0 amide bonds. The molecule has 106 valence electrons. The lowest BCUT2D eigenvalue weighted by Crippen LogP contribution is -2.05. The molecule has 4 nitrogen and oxygen atoms in total. The van der Waals surface area contributed by atoms with E-state index in [0.717, 1.165) is 22.2 Å². The Morgan fingerprint density at radius 1 is 1.14 bits per heavy atom. The second-order valence-electron chi connectivity index (χ2n) is 4.53. The maximum Gasteiger partial charge on any atom is 0.223 e. The Bertz CT molecular complexity index is 776. The molecule has 0 fully saturated rings. The molecule has 0 radical (unpaired) electrons. The number of benzene rings is 2. The fraction of sp³-hybridized carbons (Fsp3) is 0.125. The van der Waals surface area contributed by atoms with E-state index in [1.165, 1.54) is 0 Å². The van der Waals surface area contributed by atoms with E-state index in [0.29, 0.717) is 17.5 Å². The average molecular weight is 300 g/mol. The van der Waals surface area contributed by atoms with Crippen LogP contribution in [0, 0.1) is 0 Å². The van der Waals surface area contributed by atoms with Crippen molar-refractivity contribution in [1.82, 2.24) is 9.97 Å². The van der Waals surface area contributed by atoms with Gasteiger partial charge in [0.25, 0.3) is 0 Å². The van der Waals surface area contributed by atoms with Gasteiger partial charge >= 0.3 is 0 Å². The summed E-state index contributed by atoms with van der Waals surface area (Å²) in [4.78, 5) is 8.77. The minimum atomic E-state index is 0.501. The molecule has 2 aromatic carbocycles. The molecule has 1 N–H and O–H groups in total. The molecule has 1 aromatic heterocycles. The highest BCUT2D eigenvalue weighted by atomic mass is 35.5. The minimum absolute atomic E-state index is 0.501. The van der Waals surface area contributed by atoms with Crippen LogP contribution < -0.4 is 10.1 Å². The fourth-order valence-corrected chi connectivity index (χ4v) is 2.36. The number of hydrogen-bond acceptors (Lipinski definition) is 4. The van der Waals surface area contributed by atoms with Crippen LogP contribution in [0.4, 0.5) is 5.95 Å². The average Bonchev–Trinajstić information content (AvgIpc) is 2.53. The zero-order valence-corrected chi connectivity index (χ0v) is 12.3. The zero-order valence-electron chi connectivity index (χ0n) is 11.5. The number of nitrogens with zero attached hydrogens (tertiary/aromatic N) is 2. The number of anilines is 1. The van der Waals surface area contributed by atoms with E-state index in [-0.39, 0.29) is 0 Å². The van der Waals surface area contributed by atoms with Crippen molar-refractivity contribution in [3.63, 3.8) is 0 Å². The molecule has 0 spiro atoms. The first-order valence-corrected chi connectivity index (χ1v) is 6.93. The first-order valence-electron chi connectivity index (χ1n) is 6.55. The molecule has 0 saturated heterocycles. The number of fused-ring (bicyclic) bond motifs is 1. The third-order valence-electron chi connectivity index (χ3n) is 3.21. The van der Waals surface area contributed by atoms with Crippen LogP contribution in [-0.2, 0) is 6.54 Å². The molecule has 0 bridgehead atoms. The van der Waals surface area contributed by atoms with Gasteiger partial charge in [0.05, 0.1) is 12.6 Å². The molecule has 3 rings (SSSR count). The highest BCUT2D eigenvalue weighted by Crippen LogP contribution is 2.26. The van der Waals surface area contributed by atoms with Crippen molar-refractivity contribution in [2.24, 2.45) is 0 Å². The third-order valence-corrected chi connectivity index (χ3v) is 3.56. The van der Waals surface area contributed by atoms with Crippen LogP contribution in [0.5, 0.6) is 5.75 Å². The Labute approximate surface area is 127 Å². The zero-order chi connectivity index (χ0) is 14.7. The first kappa shape index (κ1) is 13.6.